The molecule has 0 aromatic heterocycles. The Morgan fingerprint density at radius 2 is 2.10 bits per heavy atom. The van der Waals surface area contributed by atoms with Crippen LogP contribution in [0.2, 0.25) is 0 Å². The SMILES string of the molecule is CC(C)(CNS(=O)(=O)c1ccc(F)c(C#N)c1)C(=O)O. The van der Waals surface area contributed by atoms with Crippen LogP contribution in [0.4, 0.5) is 4.39 Å². The van der Waals surface area contributed by atoms with Crippen molar-refractivity contribution >= 4 is 16.0 Å². The number of carboxylic acid groups (broad SMARTS) is 1. The molecule has 1 aromatic rings. The molecule has 20 heavy (non-hydrogen) atoms. The van der Waals surface area contributed by atoms with Gasteiger partial charge in [-0.25, -0.2) is 17.5 Å². The average molecular weight is 300 g/mol. The molecule has 2 N–H and O–H groups in total. The quantitative estimate of drug-likeness (QED) is 0.846. The van der Waals surface area contributed by atoms with Crippen LogP contribution in [0, 0.1) is 22.6 Å². The number of hydrogen-bond donors (Lipinski definition) is 2. The first kappa shape index (κ1) is 16.1. The van der Waals surface area contributed by atoms with Crippen LogP contribution in [-0.4, -0.2) is 26.0 Å². The highest BCUT2D eigenvalue weighted by atomic mass is 32.2. The van der Waals surface area contributed by atoms with Gasteiger partial charge in [0.25, 0.3) is 0 Å². The van der Waals surface area contributed by atoms with Crippen molar-refractivity contribution in [3.63, 3.8) is 0 Å². The Bertz CT molecular complexity index is 677. The highest BCUT2D eigenvalue weighted by Crippen LogP contribution is 2.17. The predicted octanol–water partition coefficient (Wildman–Crippen LogP) is 1.09. The normalized spacial score (nSPS) is 11.9. The second-order valence-corrected chi connectivity index (χ2v) is 6.53. The minimum atomic E-state index is -4.01. The van der Waals surface area contributed by atoms with Gasteiger partial charge in [-0.2, -0.15) is 5.26 Å². The molecule has 0 aliphatic rings. The first-order chi connectivity index (χ1) is 9.10. The summed E-state index contributed by atoms with van der Waals surface area (Å²) in [6.07, 6.45) is 0. The molecule has 108 valence electrons. The monoisotopic (exact) mass is 300 g/mol. The lowest BCUT2D eigenvalue weighted by atomic mass is 9.95. The van der Waals surface area contributed by atoms with Crippen molar-refractivity contribution in [1.82, 2.24) is 4.72 Å². The maximum absolute atomic E-state index is 13.1. The third kappa shape index (κ3) is 3.53. The van der Waals surface area contributed by atoms with Crippen molar-refractivity contribution in [3.8, 4) is 6.07 Å². The Morgan fingerprint density at radius 3 is 2.60 bits per heavy atom. The van der Waals surface area contributed by atoms with Gasteiger partial charge in [-0.15, -0.1) is 0 Å². The third-order valence-electron chi connectivity index (χ3n) is 2.65. The molecule has 0 bridgehead atoms. The van der Waals surface area contributed by atoms with Gasteiger partial charge in [0.15, 0.2) is 0 Å². The van der Waals surface area contributed by atoms with Crippen LogP contribution < -0.4 is 4.72 Å². The predicted molar refractivity (Wildman–Crippen MR) is 67.7 cm³/mol. The molecule has 1 aromatic carbocycles. The number of halogens is 1. The number of carboxylic acids is 1. The van der Waals surface area contributed by atoms with Crippen molar-refractivity contribution in [2.45, 2.75) is 18.7 Å². The summed E-state index contributed by atoms with van der Waals surface area (Å²) in [5.74, 6) is -1.98. The van der Waals surface area contributed by atoms with Crippen molar-refractivity contribution < 1.29 is 22.7 Å². The Morgan fingerprint density at radius 1 is 1.50 bits per heavy atom. The molecule has 0 heterocycles. The van der Waals surface area contributed by atoms with Crippen LogP contribution in [0.25, 0.3) is 0 Å². The lowest BCUT2D eigenvalue weighted by Crippen LogP contribution is -2.38. The largest absolute Gasteiger partial charge is 0.481 e. The van der Waals surface area contributed by atoms with Gasteiger partial charge in [0.2, 0.25) is 10.0 Å². The number of nitrogens with zero attached hydrogens (tertiary/aromatic N) is 1. The third-order valence-corrected chi connectivity index (χ3v) is 4.05. The number of nitrogens with one attached hydrogen (secondary N) is 1. The molecule has 0 radical (unpaired) electrons. The average Bonchev–Trinajstić information content (AvgIpc) is 2.37. The van der Waals surface area contributed by atoms with Gasteiger partial charge in [-0.05, 0) is 32.0 Å². The fraction of sp³-hybridized carbons (Fsp3) is 0.333. The van der Waals surface area contributed by atoms with Crippen LogP contribution >= 0.6 is 0 Å². The molecule has 0 aliphatic carbocycles. The summed E-state index contributed by atoms with van der Waals surface area (Å²) in [6.45, 7) is 2.40. The molecular weight excluding hydrogens is 287 g/mol. The van der Waals surface area contributed by atoms with E-state index in [1.54, 1.807) is 0 Å². The van der Waals surface area contributed by atoms with E-state index >= 15 is 0 Å². The fourth-order valence-electron chi connectivity index (χ4n) is 1.19. The van der Waals surface area contributed by atoms with Gasteiger partial charge >= 0.3 is 5.97 Å². The summed E-state index contributed by atoms with van der Waals surface area (Å²) in [6, 6.07) is 4.31. The molecular formula is C12H13FN2O4S. The molecule has 0 saturated carbocycles. The molecule has 0 saturated heterocycles. The smallest absolute Gasteiger partial charge is 0.310 e. The van der Waals surface area contributed by atoms with Crippen LogP contribution in [0.1, 0.15) is 19.4 Å². The molecule has 0 atom stereocenters. The summed E-state index contributed by atoms with van der Waals surface area (Å²) in [7, 11) is -4.01. The minimum Gasteiger partial charge on any atom is -0.481 e. The molecule has 8 heteroatoms. The number of carbonyl (C=O) groups is 1. The zero-order valence-electron chi connectivity index (χ0n) is 10.8. The Labute approximate surface area is 115 Å². The van der Waals surface area contributed by atoms with Crippen LogP contribution in [-0.2, 0) is 14.8 Å². The summed E-state index contributed by atoms with van der Waals surface area (Å²) < 4.78 is 39.1. The second kappa shape index (κ2) is 5.56. The van der Waals surface area contributed by atoms with Gasteiger partial charge in [0.1, 0.15) is 11.9 Å². The van der Waals surface area contributed by atoms with E-state index in [0.29, 0.717) is 0 Å². The highest BCUT2D eigenvalue weighted by Gasteiger charge is 2.29. The Balaban J connectivity index is 3.02. The molecule has 6 nitrogen and oxygen atoms in total. The molecule has 0 spiro atoms. The van der Waals surface area contributed by atoms with E-state index in [1.807, 2.05) is 0 Å². The maximum atomic E-state index is 13.1. The van der Waals surface area contributed by atoms with Crippen molar-refractivity contribution in [3.05, 3.63) is 29.6 Å². The van der Waals surface area contributed by atoms with Crippen LogP contribution in [0.5, 0.6) is 0 Å². The molecule has 1 rings (SSSR count). The first-order valence-electron chi connectivity index (χ1n) is 5.53. The zero-order chi connectivity index (χ0) is 15.6. The topological polar surface area (TPSA) is 107 Å². The molecule has 0 unspecified atom stereocenters. The van der Waals surface area contributed by atoms with E-state index in [1.165, 1.54) is 19.9 Å². The summed E-state index contributed by atoms with van der Waals surface area (Å²) in [5, 5.41) is 17.6. The lowest BCUT2D eigenvalue weighted by molar-refractivity contribution is -0.146. The van der Waals surface area contributed by atoms with Crippen molar-refractivity contribution in [2.75, 3.05) is 6.54 Å². The maximum Gasteiger partial charge on any atom is 0.310 e. The number of benzene rings is 1. The van der Waals surface area contributed by atoms with Gasteiger partial charge in [-0.1, -0.05) is 0 Å². The zero-order valence-corrected chi connectivity index (χ0v) is 11.7. The van der Waals surface area contributed by atoms with E-state index in [-0.39, 0.29) is 11.4 Å². The fourth-order valence-corrected chi connectivity index (χ4v) is 2.43. The van der Waals surface area contributed by atoms with E-state index in [0.717, 1.165) is 18.2 Å². The van der Waals surface area contributed by atoms with E-state index in [9.17, 15) is 17.6 Å². The van der Waals surface area contributed by atoms with Crippen molar-refractivity contribution in [2.24, 2.45) is 5.41 Å². The highest BCUT2D eigenvalue weighted by molar-refractivity contribution is 7.89. The van der Waals surface area contributed by atoms with Gasteiger partial charge in [-0.3, -0.25) is 4.79 Å². The number of rotatable bonds is 5. The summed E-state index contributed by atoms with van der Waals surface area (Å²) in [5.41, 5.74) is -1.68. The van der Waals surface area contributed by atoms with E-state index in [4.69, 9.17) is 10.4 Å². The standard InChI is InChI=1S/C12H13FN2O4S/c1-12(2,11(16)17)7-15-20(18,19)9-3-4-10(13)8(5-9)6-14/h3-5,15H,7H2,1-2H3,(H,16,17). The summed E-state index contributed by atoms with van der Waals surface area (Å²) >= 11 is 0. The van der Waals surface area contributed by atoms with Crippen LogP contribution in [0.15, 0.2) is 23.1 Å². The number of nitriles is 1. The minimum absolute atomic E-state index is 0.295. The van der Waals surface area contributed by atoms with Crippen molar-refractivity contribution in [1.29, 1.82) is 5.26 Å². The first-order valence-corrected chi connectivity index (χ1v) is 7.01. The van der Waals surface area contributed by atoms with Gasteiger partial charge < -0.3 is 5.11 Å². The molecule has 0 aliphatic heterocycles. The van der Waals surface area contributed by atoms with E-state index in [2.05, 4.69) is 4.72 Å². The lowest BCUT2D eigenvalue weighted by Gasteiger charge is -2.19. The number of aliphatic carboxylic acids is 1. The Kier molecular flexibility index (Phi) is 4.47. The number of sulfonamides is 1. The molecule has 0 amide bonds. The van der Waals surface area contributed by atoms with Gasteiger partial charge in [0.05, 0.1) is 15.9 Å². The Hall–Kier alpha value is -1.98. The molecule has 0 fully saturated rings. The van der Waals surface area contributed by atoms with Crippen LogP contribution in [0.3, 0.4) is 0 Å². The van der Waals surface area contributed by atoms with E-state index < -0.39 is 32.8 Å². The summed E-state index contributed by atoms with van der Waals surface area (Å²) in [4.78, 5) is 10.6. The second-order valence-electron chi connectivity index (χ2n) is 4.77. The number of hydrogen-bond acceptors (Lipinski definition) is 4. The van der Waals surface area contributed by atoms with Gasteiger partial charge in [0, 0.05) is 6.54 Å².